The average Bonchev–Trinajstić information content (AvgIpc) is 3.24. The molecular weight excluding hydrogens is 330 g/mol. The largest absolute Gasteiger partial charge is 0.361 e. The van der Waals surface area contributed by atoms with E-state index in [1.807, 2.05) is 0 Å². The number of carbonyl (C=O) groups is 1. The van der Waals surface area contributed by atoms with E-state index in [2.05, 4.69) is 10.5 Å². The van der Waals surface area contributed by atoms with Crippen LogP contribution in [0.25, 0.3) is 0 Å². The molecule has 7 nitrogen and oxygen atoms in total. The Morgan fingerprint density at radius 2 is 1.92 bits per heavy atom. The zero-order valence-electron chi connectivity index (χ0n) is 13.4. The molecule has 0 saturated carbocycles. The molecule has 1 aliphatic rings. The van der Waals surface area contributed by atoms with Crippen LogP contribution >= 0.6 is 0 Å². The molecular formula is C16H19N3O4S. The van der Waals surface area contributed by atoms with E-state index in [9.17, 15) is 13.2 Å². The van der Waals surface area contributed by atoms with Crippen LogP contribution in [0.15, 0.2) is 39.8 Å². The highest BCUT2D eigenvalue weighted by Gasteiger charge is 2.27. The van der Waals surface area contributed by atoms with E-state index in [0.29, 0.717) is 30.1 Å². The van der Waals surface area contributed by atoms with Crippen molar-refractivity contribution >= 4 is 15.9 Å². The summed E-state index contributed by atoms with van der Waals surface area (Å²) in [6.45, 7) is 3.14. The van der Waals surface area contributed by atoms with Crippen LogP contribution in [0.2, 0.25) is 0 Å². The molecule has 3 rings (SSSR count). The van der Waals surface area contributed by atoms with Gasteiger partial charge in [-0.2, -0.15) is 4.31 Å². The third-order valence-electron chi connectivity index (χ3n) is 3.93. The number of aryl methyl sites for hydroxylation is 1. The fraction of sp³-hybridized carbons (Fsp3) is 0.375. The number of hydrogen-bond acceptors (Lipinski definition) is 5. The predicted molar refractivity (Wildman–Crippen MR) is 86.8 cm³/mol. The van der Waals surface area contributed by atoms with Crippen molar-refractivity contribution in [1.29, 1.82) is 0 Å². The molecule has 8 heteroatoms. The summed E-state index contributed by atoms with van der Waals surface area (Å²) in [5.41, 5.74) is 1.03. The van der Waals surface area contributed by atoms with Crippen LogP contribution in [0.3, 0.4) is 0 Å². The predicted octanol–water partition coefficient (Wildman–Crippen LogP) is 1.70. The zero-order valence-corrected chi connectivity index (χ0v) is 14.2. The third kappa shape index (κ3) is 3.49. The van der Waals surface area contributed by atoms with Crippen molar-refractivity contribution in [2.24, 2.45) is 0 Å². The van der Waals surface area contributed by atoms with Crippen molar-refractivity contribution in [3.63, 3.8) is 0 Å². The van der Waals surface area contributed by atoms with E-state index >= 15 is 0 Å². The van der Waals surface area contributed by atoms with Crippen LogP contribution in [0.1, 0.15) is 34.7 Å². The Hall–Kier alpha value is -2.19. The van der Waals surface area contributed by atoms with Crippen molar-refractivity contribution in [3.05, 3.63) is 47.3 Å². The number of benzene rings is 1. The molecule has 0 aliphatic carbocycles. The second-order valence-corrected chi connectivity index (χ2v) is 7.69. The fourth-order valence-corrected chi connectivity index (χ4v) is 4.15. The van der Waals surface area contributed by atoms with Crippen molar-refractivity contribution in [1.82, 2.24) is 14.8 Å². The van der Waals surface area contributed by atoms with Gasteiger partial charge in [0.15, 0.2) is 0 Å². The van der Waals surface area contributed by atoms with Gasteiger partial charge < -0.3 is 9.84 Å². The highest BCUT2D eigenvalue weighted by molar-refractivity contribution is 7.89. The van der Waals surface area contributed by atoms with Crippen molar-refractivity contribution in [2.75, 3.05) is 13.1 Å². The van der Waals surface area contributed by atoms with Gasteiger partial charge in [-0.3, -0.25) is 4.79 Å². The summed E-state index contributed by atoms with van der Waals surface area (Å²) in [6.07, 6.45) is 1.78. The molecule has 0 unspecified atom stereocenters. The minimum atomic E-state index is -3.45. The van der Waals surface area contributed by atoms with Gasteiger partial charge in [0.1, 0.15) is 11.5 Å². The van der Waals surface area contributed by atoms with E-state index in [1.54, 1.807) is 13.0 Å². The molecule has 1 aromatic heterocycles. The first kappa shape index (κ1) is 16.7. The summed E-state index contributed by atoms with van der Waals surface area (Å²) >= 11 is 0. The topological polar surface area (TPSA) is 92.5 Å². The van der Waals surface area contributed by atoms with Gasteiger partial charge in [-0.1, -0.05) is 5.16 Å². The highest BCUT2D eigenvalue weighted by atomic mass is 32.2. The van der Waals surface area contributed by atoms with E-state index in [1.165, 1.54) is 28.6 Å². The van der Waals surface area contributed by atoms with Crippen LogP contribution in [-0.2, 0) is 16.6 Å². The quantitative estimate of drug-likeness (QED) is 0.887. The SMILES string of the molecule is Cc1cc(CNC(=O)c2ccc(S(=O)(=O)N3CCCC3)cc2)no1. The number of aromatic nitrogens is 1. The molecule has 1 saturated heterocycles. The minimum Gasteiger partial charge on any atom is -0.361 e. The Balaban J connectivity index is 1.66. The first-order valence-electron chi connectivity index (χ1n) is 7.77. The summed E-state index contributed by atoms with van der Waals surface area (Å²) in [5, 5.41) is 6.52. The van der Waals surface area contributed by atoms with Gasteiger partial charge in [-0.15, -0.1) is 0 Å². The van der Waals surface area contributed by atoms with Gasteiger partial charge >= 0.3 is 0 Å². The normalized spacial score (nSPS) is 15.5. The van der Waals surface area contributed by atoms with Gasteiger partial charge in [-0.05, 0) is 44.0 Å². The maximum absolute atomic E-state index is 12.4. The van der Waals surface area contributed by atoms with Gasteiger partial charge in [-0.25, -0.2) is 8.42 Å². The summed E-state index contributed by atoms with van der Waals surface area (Å²) in [4.78, 5) is 12.3. The average molecular weight is 349 g/mol. The van der Waals surface area contributed by atoms with E-state index in [-0.39, 0.29) is 17.3 Å². The highest BCUT2D eigenvalue weighted by Crippen LogP contribution is 2.21. The van der Waals surface area contributed by atoms with Crippen molar-refractivity contribution in [3.8, 4) is 0 Å². The monoisotopic (exact) mass is 349 g/mol. The molecule has 1 N–H and O–H groups in total. The van der Waals surface area contributed by atoms with Crippen molar-refractivity contribution in [2.45, 2.75) is 31.2 Å². The molecule has 1 aliphatic heterocycles. The first-order valence-corrected chi connectivity index (χ1v) is 9.21. The molecule has 2 heterocycles. The van der Waals surface area contributed by atoms with Crippen LogP contribution in [-0.4, -0.2) is 36.9 Å². The van der Waals surface area contributed by atoms with Gasteiger partial charge in [0.05, 0.1) is 11.4 Å². The first-order chi connectivity index (χ1) is 11.5. The number of rotatable bonds is 5. The number of nitrogens with one attached hydrogen (secondary N) is 1. The Bertz CT molecular complexity index is 821. The lowest BCUT2D eigenvalue weighted by Gasteiger charge is -2.15. The Morgan fingerprint density at radius 1 is 1.25 bits per heavy atom. The zero-order chi connectivity index (χ0) is 17.2. The molecule has 0 radical (unpaired) electrons. The summed E-state index contributed by atoms with van der Waals surface area (Å²) in [7, 11) is -3.45. The minimum absolute atomic E-state index is 0.216. The van der Waals surface area contributed by atoms with E-state index in [0.717, 1.165) is 12.8 Å². The van der Waals surface area contributed by atoms with Crippen LogP contribution < -0.4 is 5.32 Å². The molecule has 1 amide bonds. The van der Waals surface area contributed by atoms with E-state index in [4.69, 9.17) is 4.52 Å². The Morgan fingerprint density at radius 3 is 2.50 bits per heavy atom. The van der Waals surface area contributed by atoms with Crippen LogP contribution in [0.5, 0.6) is 0 Å². The number of nitrogens with zero attached hydrogens (tertiary/aromatic N) is 2. The molecule has 1 fully saturated rings. The fourth-order valence-electron chi connectivity index (χ4n) is 2.63. The summed E-state index contributed by atoms with van der Waals surface area (Å²) < 4.78 is 31.3. The standard InChI is InChI=1S/C16H19N3O4S/c1-12-10-14(18-23-12)11-17-16(20)13-4-6-15(7-5-13)24(21,22)19-8-2-3-9-19/h4-7,10H,2-3,8-9,11H2,1H3,(H,17,20). The molecule has 128 valence electrons. The Kier molecular flexibility index (Phi) is 4.68. The number of carbonyl (C=O) groups excluding carboxylic acids is 1. The van der Waals surface area contributed by atoms with Gasteiger partial charge in [0.25, 0.3) is 5.91 Å². The lowest BCUT2D eigenvalue weighted by molar-refractivity contribution is 0.0950. The second kappa shape index (κ2) is 6.74. The Labute approximate surface area is 140 Å². The number of amides is 1. The van der Waals surface area contributed by atoms with Crippen molar-refractivity contribution < 1.29 is 17.7 Å². The maximum atomic E-state index is 12.4. The molecule has 24 heavy (non-hydrogen) atoms. The molecule has 2 aromatic rings. The molecule has 1 aromatic carbocycles. The maximum Gasteiger partial charge on any atom is 0.251 e. The van der Waals surface area contributed by atoms with Gasteiger partial charge in [0, 0.05) is 24.7 Å². The van der Waals surface area contributed by atoms with Crippen LogP contribution in [0, 0.1) is 6.92 Å². The molecule has 0 bridgehead atoms. The van der Waals surface area contributed by atoms with Crippen LogP contribution in [0.4, 0.5) is 0 Å². The molecule has 0 spiro atoms. The number of hydrogen-bond donors (Lipinski definition) is 1. The van der Waals surface area contributed by atoms with E-state index < -0.39 is 10.0 Å². The van der Waals surface area contributed by atoms with Gasteiger partial charge in [0.2, 0.25) is 10.0 Å². The number of sulfonamides is 1. The molecule has 0 atom stereocenters. The smallest absolute Gasteiger partial charge is 0.251 e. The third-order valence-corrected chi connectivity index (χ3v) is 5.84. The summed E-state index contributed by atoms with van der Waals surface area (Å²) in [6, 6.07) is 7.73. The lowest BCUT2D eigenvalue weighted by Crippen LogP contribution is -2.28. The lowest BCUT2D eigenvalue weighted by atomic mass is 10.2. The summed E-state index contributed by atoms with van der Waals surface area (Å²) in [5.74, 6) is 0.386. The second-order valence-electron chi connectivity index (χ2n) is 5.75.